The Morgan fingerprint density at radius 3 is 2.23 bits per heavy atom. The molecule has 0 saturated carbocycles. The first-order valence-electron chi connectivity index (χ1n) is 11.9. The number of nitrogens with two attached hydrogens (primary N) is 1. The summed E-state index contributed by atoms with van der Waals surface area (Å²) >= 11 is 1.08. The molecule has 0 bridgehead atoms. The molecule has 9 nitrogen and oxygen atoms in total. The van der Waals surface area contributed by atoms with Crippen LogP contribution in [0.25, 0.3) is 17.1 Å². The minimum atomic E-state index is -0.760. The Morgan fingerprint density at radius 1 is 0.923 bits per heavy atom. The first-order chi connectivity index (χ1) is 18.8. The fraction of sp³-hybridized carbons (Fsp3) is 0.107. The van der Waals surface area contributed by atoms with Crippen molar-refractivity contribution in [2.24, 2.45) is 7.05 Å². The number of anilines is 1. The summed E-state index contributed by atoms with van der Waals surface area (Å²) in [6, 6.07) is 24.3. The molecule has 11 heteroatoms. The minimum Gasteiger partial charge on any atom is -0.384 e. The topological polar surface area (TPSA) is 118 Å². The van der Waals surface area contributed by atoms with Crippen LogP contribution in [0.3, 0.4) is 0 Å². The number of Topliss-reactive ketones (excluding diaryl/α,β-unsaturated/α-hetero) is 1. The van der Waals surface area contributed by atoms with Gasteiger partial charge in [0.25, 0.3) is 5.56 Å². The van der Waals surface area contributed by atoms with E-state index in [1.54, 1.807) is 16.7 Å². The molecule has 0 radical (unpaired) electrons. The second-order valence-corrected chi connectivity index (χ2v) is 9.62. The molecule has 0 spiro atoms. The zero-order chi connectivity index (χ0) is 27.5. The first-order valence-corrected chi connectivity index (χ1v) is 12.9. The predicted molar refractivity (Wildman–Crippen MR) is 148 cm³/mol. The maximum absolute atomic E-state index is 13.5. The van der Waals surface area contributed by atoms with Gasteiger partial charge < -0.3 is 5.73 Å². The van der Waals surface area contributed by atoms with Crippen LogP contribution in [-0.4, -0.2) is 35.4 Å². The van der Waals surface area contributed by atoms with Gasteiger partial charge in [0, 0.05) is 18.3 Å². The highest BCUT2D eigenvalue weighted by Crippen LogP contribution is 2.28. The van der Waals surface area contributed by atoms with Crippen LogP contribution < -0.4 is 17.0 Å². The number of para-hydroxylation sites is 1. The number of thioether (sulfide) groups is 1. The molecule has 3 aromatic carbocycles. The summed E-state index contributed by atoms with van der Waals surface area (Å²) in [7, 11) is 1.32. The highest BCUT2D eigenvalue weighted by molar-refractivity contribution is 7.99. The van der Waals surface area contributed by atoms with Crippen molar-refractivity contribution in [1.29, 1.82) is 0 Å². The summed E-state index contributed by atoms with van der Waals surface area (Å²) in [5.74, 6) is -0.836. The monoisotopic (exact) mass is 542 g/mol. The summed E-state index contributed by atoms with van der Waals surface area (Å²) in [6.45, 7) is 0.108. The van der Waals surface area contributed by atoms with E-state index in [-0.39, 0.29) is 29.5 Å². The number of nitrogen functional groups attached to an aromatic ring is 1. The summed E-state index contributed by atoms with van der Waals surface area (Å²) < 4.78 is 17.4. The number of hydrogen-bond acceptors (Lipinski definition) is 7. The molecule has 2 heterocycles. The molecule has 39 heavy (non-hydrogen) atoms. The quantitative estimate of drug-likeness (QED) is 0.235. The summed E-state index contributed by atoms with van der Waals surface area (Å²) in [5, 5.41) is 8.94. The van der Waals surface area contributed by atoms with Crippen LogP contribution in [-0.2, 0) is 13.6 Å². The maximum Gasteiger partial charge on any atom is 0.332 e. The molecule has 196 valence electrons. The zero-order valence-corrected chi connectivity index (χ0v) is 21.6. The van der Waals surface area contributed by atoms with E-state index in [9.17, 15) is 18.8 Å². The molecular formula is C28H23FN6O3S. The highest BCUT2D eigenvalue weighted by atomic mass is 32.2. The average Bonchev–Trinajstić information content (AvgIpc) is 3.38. The van der Waals surface area contributed by atoms with Crippen molar-refractivity contribution < 1.29 is 9.18 Å². The number of nitrogens with zero attached hydrogens (tertiary/aromatic N) is 5. The molecule has 0 aliphatic carbocycles. The fourth-order valence-electron chi connectivity index (χ4n) is 4.13. The number of ketones is 1. The number of benzene rings is 3. The van der Waals surface area contributed by atoms with Crippen molar-refractivity contribution >= 4 is 23.4 Å². The molecule has 0 fully saturated rings. The number of carbonyl (C=O) groups excluding carboxylic acids is 1. The van der Waals surface area contributed by atoms with Crippen LogP contribution in [0.15, 0.2) is 99.7 Å². The van der Waals surface area contributed by atoms with Gasteiger partial charge in [-0.25, -0.2) is 9.18 Å². The van der Waals surface area contributed by atoms with Crippen LogP contribution in [0, 0.1) is 5.82 Å². The van der Waals surface area contributed by atoms with Gasteiger partial charge in [0.1, 0.15) is 17.2 Å². The largest absolute Gasteiger partial charge is 0.384 e. The summed E-state index contributed by atoms with van der Waals surface area (Å²) in [6.07, 6.45) is 0. The lowest BCUT2D eigenvalue weighted by molar-refractivity contribution is 0.102. The van der Waals surface area contributed by atoms with E-state index >= 15 is 0 Å². The van der Waals surface area contributed by atoms with E-state index in [4.69, 9.17) is 5.73 Å². The number of hydrogen-bond donors (Lipinski definition) is 1. The van der Waals surface area contributed by atoms with Crippen molar-refractivity contribution in [3.63, 3.8) is 0 Å². The number of rotatable bonds is 8. The molecule has 2 N–H and O–H groups in total. The number of aromatic nitrogens is 5. The van der Waals surface area contributed by atoms with Crippen LogP contribution in [0.4, 0.5) is 10.2 Å². The van der Waals surface area contributed by atoms with Gasteiger partial charge in [0.15, 0.2) is 16.8 Å². The van der Waals surface area contributed by atoms with Gasteiger partial charge in [-0.15, -0.1) is 10.2 Å². The standard InChI is InChI=1S/C28H23FN6O3S/c1-33-26(37)23(24(30)34(28(33)38)16-18-8-4-2-5-9-18)22(36)17-39-27-32-31-25(19-12-14-20(29)15-13-19)35(27)21-10-6-3-7-11-21/h2-15H,16-17,30H2,1H3. The molecule has 0 aliphatic heterocycles. The zero-order valence-electron chi connectivity index (χ0n) is 20.8. The van der Waals surface area contributed by atoms with E-state index < -0.39 is 17.0 Å². The lowest BCUT2D eigenvalue weighted by Gasteiger charge is -2.15. The molecular weight excluding hydrogens is 519 g/mol. The van der Waals surface area contributed by atoms with Gasteiger partial charge in [-0.05, 0) is 42.0 Å². The van der Waals surface area contributed by atoms with Gasteiger partial charge in [-0.1, -0.05) is 60.3 Å². The SMILES string of the molecule is Cn1c(=O)c(C(=O)CSc2nnc(-c3ccc(F)cc3)n2-c2ccccc2)c(N)n(Cc2ccccc2)c1=O. The average molecular weight is 543 g/mol. The molecule has 0 amide bonds. The van der Waals surface area contributed by atoms with Crippen molar-refractivity contribution in [1.82, 2.24) is 23.9 Å². The molecule has 0 saturated heterocycles. The Balaban J connectivity index is 1.49. The highest BCUT2D eigenvalue weighted by Gasteiger charge is 2.24. The predicted octanol–water partition coefficient (Wildman–Crippen LogP) is 3.54. The Morgan fingerprint density at radius 2 is 1.56 bits per heavy atom. The van der Waals surface area contributed by atoms with Crippen molar-refractivity contribution in [2.45, 2.75) is 11.7 Å². The van der Waals surface area contributed by atoms with E-state index in [0.29, 0.717) is 16.5 Å². The van der Waals surface area contributed by atoms with E-state index in [0.717, 1.165) is 27.6 Å². The molecule has 2 aromatic heterocycles. The Labute approximate surface area is 226 Å². The van der Waals surface area contributed by atoms with Gasteiger partial charge in [-0.3, -0.25) is 23.3 Å². The summed E-state index contributed by atoms with van der Waals surface area (Å²) in [5.41, 5.74) is 6.78. The Kier molecular flexibility index (Phi) is 7.24. The normalized spacial score (nSPS) is 11.0. The number of halogens is 1. The minimum absolute atomic E-state index is 0.108. The van der Waals surface area contributed by atoms with E-state index in [1.165, 1.54) is 23.7 Å². The lowest BCUT2D eigenvalue weighted by atomic mass is 10.2. The molecule has 0 atom stereocenters. The van der Waals surface area contributed by atoms with Crippen molar-refractivity contribution in [3.05, 3.63) is 123 Å². The lowest BCUT2D eigenvalue weighted by Crippen LogP contribution is -2.43. The third-order valence-corrected chi connectivity index (χ3v) is 7.06. The second-order valence-electron chi connectivity index (χ2n) is 8.67. The van der Waals surface area contributed by atoms with Gasteiger partial charge >= 0.3 is 5.69 Å². The Bertz CT molecular complexity index is 1760. The molecule has 5 rings (SSSR count). The maximum atomic E-state index is 13.5. The second kappa shape index (κ2) is 10.9. The van der Waals surface area contributed by atoms with Gasteiger partial charge in [0.05, 0.1) is 12.3 Å². The van der Waals surface area contributed by atoms with Crippen molar-refractivity contribution in [3.8, 4) is 17.1 Å². The van der Waals surface area contributed by atoms with E-state index in [2.05, 4.69) is 10.2 Å². The van der Waals surface area contributed by atoms with E-state index in [1.807, 2.05) is 60.7 Å². The third-order valence-electron chi connectivity index (χ3n) is 6.13. The van der Waals surface area contributed by atoms with Crippen molar-refractivity contribution in [2.75, 3.05) is 11.5 Å². The molecule has 5 aromatic rings. The fourth-order valence-corrected chi connectivity index (χ4v) is 4.95. The van der Waals surface area contributed by atoms with Gasteiger partial charge in [-0.2, -0.15) is 0 Å². The molecule has 0 aliphatic rings. The Hall–Kier alpha value is -4.77. The molecule has 0 unspecified atom stereocenters. The summed E-state index contributed by atoms with van der Waals surface area (Å²) in [4.78, 5) is 39.1. The smallest absolute Gasteiger partial charge is 0.332 e. The first kappa shape index (κ1) is 25.9. The van der Waals surface area contributed by atoms with Crippen LogP contribution in [0.1, 0.15) is 15.9 Å². The van der Waals surface area contributed by atoms with Crippen LogP contribution in [0.5, 0.6) is 0 Å². The van der Waals surface area contributed by atoms with Gasteiger partial charge in [0.2, 0.25) is 0 Å². The van der Waals surface area contributed by atoms with Crippen LogP contribution >= 0.6 is 11.8 Å². The number of carbonyl (C=O) groups is 1. The third kappa shape index (κ3) is 5.16. The van der Waals surface area contributed by atoms with Crippen LogP contribution in [0.2, 0.25) is 0 Å².